The maximum Gasteiger partial charge on any atom is 0.313 e. The normalized spacial score (nSPS) is 12.7. The van der Waals surface area contributed by atoms with Gasteiger partial charge in [0.05, 0.1) is 18.4 Å². The van der Waals surface area contributed by atoms with E-state index in [0.717, 1.165) is 11.2 Å². The number of pyridine rings is 1. The fourth-order valence-corrected chi connectivity index (χ4v) is 2.67. The summed E-state index contributed by atoms with van der Waals surface area (Å²) in [4.78, 5) is 19.5. The Bertz CT molecular complexity index is 600. The Morgan fingerprint density at radius 1 is 1.60 bits per heavy atom. The van der Waals surface area contributed by atoms with Crippen molar-refractivity contribution < 1.29 is 14.6 Å². The van der Waals surface area contributed by atoms with Crippen molar-refractivity contribution in [2.45, 2.75) is 31.7 Å². The predicted molar refractivity (Wildman–Crippen MR) is 77.0 cm³/mol. The van der Waals surface area contributed by atoms with E-state index in [-0.39, 0.29) is 11.9 Å². The zero-order valence-electron chi connectivity index (χ0n) is 11.4. The highest BCUT2D eigenvalue weighted by atomic mass is 32.2. The Labute approximate surface area is 121 Å². The molecular formula is C13H17N3O3S. The largest absolute Gasteiger partial charge is 0.481 e. The molecule has 1 unspecified atom stereocenters. The fourth-order valence-electron chi connectivity index (χ4n) is 1.93. The van der Waals surface area contributed by atoms with Gasteiger partial charge in [-0.1, -0.05) is 11.8 Å². The number of rotatable bonds is 7. The maximum absolute atomic E-state index is 10.7. The molecule has 2 aromatic heterocycles. The Morgan fingerprint density at radius 3 is 3.10 bits per heavy atom. The van der Waals surface area contributed by atoms with Crippen LogP contribution in [0, 0.1) is 0 Å². The second-order valence-corrected chi connectivity index (χ2v) is 5.24. The van der Waals surface area contributed by atoms with Crippen LogP contribution in [0.2, 0.25) is 0 Å². The molecule has 7 heteroatoms. The molecule has 0 spiro atoms. The molecule has 0 saturated carbocycles. The van der Waals surface area contributed by atoms with Crippen LogP contribution >= 0.6 is 11.8 Å². The van der Waals surface area contributed by atoms with Gasteiger partial charge in [-0.2, -0.15) is 0 Å². The summed E-state index contributed by atoms with van der Waals surface area (Å²) < 4.78 is 7.46. The van der Waals surface area contributed by atoms with E-state index in [1.165, 1.54) is 11.8 Å². The van der Waals surface area contributed by atoms with Gasteiger partial charge in [-0.05, 0) is 26.0 Å². The van der Waals surface area contributed by atoms with Gasteiger partial charge in [0.15, 0.2) is 10.8 Å². The van der Waals surface area contributed by atoms with Crippen molar-refractivity contribution in [1.82, 2.24) is 14.5 Å². The van der Waals surface area contributed by atoms with Gasteiger partial charge < -0.3 is 14.4 Å². The zero-order chi connectivity index (χ0) is 14.5. The van der Waals surface area contributed by atoms with Crippen molar-refractivity contribution in [2.24, 2.45) is 0 Å². The molecule has 0 fully saturated rings. The third-order valence-corrected chi connectivity index (χ3v) is 3.65. The lowest BCUT2D eigenvalue weighted by Gasteiger charge is -2.14. The van der Waals surface area contributed by atoms with E-state index in [2.05, 4.69) is 9.97 Å². The molecule has 0 aliphatic carbocycles. The first-order chi connectivity index (χ1) is 9.61. The highest BCUT2D eigenvalue weighted by Gasteiger charge is 2.15. The Morgan fingerprint density at radius 2 is 2.40 bits per heavy atom. The van der Waals surface area contributed by atoms with Crippen LogP contribution in [0.1, 0.15) is 13.8 Å². The Hall–Kier alpha value is -1.60. The number of carboxylic acids is 1. The molecule has 6 nitrogen and oxygen atoms in total. The molecule has 1 atom stereocenters. The lowest BCUT2D eigenvalue weighted by molar-refractivity contribution is -0.133. The quantitative estimate of drug-likeness (QED) is 0.788. The van der Waals surface area contributed by atoms with Gasteiger partial charge in [-0.3, -0.25) is 4.79 Å². The Kier molecular flexibility index (Phi) is 4.97. The molecule has 0 aromatic carbocycles. The van der Waals surface area contributed by atoms with Gasteiger partial charge in [-0.25, -0.2) is 9.97 Å². The molecule has 0 radical (unpaired) electrons. The first-order valence-electron chi connectivity index (χ1n) is 6.39. The van der Waals surface area contributed by atoms with Crippen molar-refractivity contribution >= 4 is 28.9 Å². The van der Waals surface area contributed by atoms with Crippen molar-refractivity contribution in [3.8, 4) is 0 Å². The van der Waals surface area contributed by atoms with E-state index in [1.54, 1.807) is 6.20 Å². The standard InChI is InChI=1S/C13H17N3O3S/c1-3-19-9(2)7-16-12-10(5-4-6-14-12)15-13(16)20-8-11(17)18/h4-6,9H,3,7-8H2,1-2H3,(H,17,18). The summed E-state index contributed by atoms with van der Waals surface area (Å²) in [5, 5.41) is 9.47. The minimum Gasteiger partial charge on any atom is -0.481 e. The van der Waals surface area contributed by atoms with Crippen molar-refractivity contribution in [2.75, 3.05) is 12.4 Å². The van der Waals surface area contributed by atoms with Gasteiger partial charge in [0, 0.05) is 12.8 Å². The van der Waals surface area contributed by atoms with Crippen LogP contribution in [0.4, 0.5) is 0 Å². The molecule has 2 heterocycles. The van der Waals surface area contributed by atoms with Crippen molar-refractivity contribution in [3.63, 3.8) is 0 Å². The number of ether oxygens (including phenoxy) is 1. The first kappa shape index (κ1) is 14.8. The topological polar surface area (TPSA) is 77.2 Å². The molecule has 2 aromatic rings. The molecule has 1 N–H and O–H groups in total. The predicted octanol–water partition coefficient (Wildman–Crippen LogP) is 2.03. The van der Waals surface area contributed by atoms with Crippen molar-refractivity contribution in [1.29, 1.82) is 0 Å². The number of carboxylic acid groups (broad SMARTS) is 1. The number of fused-ring (bicyclic) bond motifs is 1. The van der Waals surface area contributed by atoms with E-state index in [1.807, 2.05) is 30.5 Å². The summed E-state index contributed by atoms with van der Waals surface area (Å²) in [5.41, 5.74) is 1.52. The monoisotopic (exact) mass is 295 g/mol. The molecule has 0 aliphatic heterocycles. The van der Waals surface area contributed by atoms with Crippen LogP contribution in [-0.2, 0) is 16.1 Å². The number of thioether (sulfide) groups is 1. The third kappa shape index (κ3) is 3.49. The minimum absolute atomic E-state index is 0.0172. The summed E-state index contributed by atoms with van der Waals surface area (Å²) in [6.45, 7) is 5.16. The first-order valence-corrected chi connectivity index (χ1v) is 7.37. The third-order valence-electron chi connectivity index (χ3n) is 2.68. The van der Waals surface area contributed by atoms with E-state index >= 15 is 0 Å². The summed E-state index contributed by atoms with van der Waals surface area (Å²) in [5.74, 6) is -0.883. The molecule has 2 rings (SSSR count). The second-order valence-electron chi connectivity index (χ2n) is 4.30. The average molecular weight is 295 g/mol. The molecule has 0 aliphatic rings. The van der Waals surface area contributed by atoms with Crippen LogP contribution in [0.5, 0.6) is 0 Å². The fraction of sp³-hybridized carbons (Fsp3) is 0.462. The zero-order valence-corrected chi connectivity index (χ0v) is 12.3. The summed E-state index contributed by atoms with van der Waals surface area (Å²) >= 11 is 1.20. The number of hydrogen-bond acceptors (Lipinski definition) is 5. The summed E-state index contributed by atoms with van der Waals surface area (Å²) in [6, 6.07) is 3.69. The number of carbonyl (C=O) groups is 1. The average Bonchev–Trinajstić information content (AvgIpc) is 2.75. The minimum atomic E-state index is -0.862. The van der Waals surface area contributed by atoms with E-state index in [0.29, 0.717) is 18.3 Å². The number of imidazole rings is 1. The lowest BCUT2D eigenvalue weighted by atomic mass is 10.4. The van der Waals surface area contributed by atoms with Crippen LogP contribution in [0.3, 0.4) is 0 Å². The molecule has 108 valence electrons. The second kappa shape index (κ2) is 6.71. The van der Waals surface area contributed by atoms with Gasteiger partial charge >= 0.3 is 5.97 Å². The highest BCUT2D eigenvalue weighted by molar-refractivity contribution is 7.99. The van der Waals surface area contributed by atoms with Crippen molar-refractivity contribution in [3.05, 3.63) is 18.3 Å². The Balaban J connectivity index is 2.31. The van der Waals surface area contributed by atoms with Crippen LogP contribution in [0.15, 0.2) is 23.5 Å². The van der Waals surface area contributed by atoms with Crippen LogP contribution in [0.25, 0.3) is 11.2 Å². The number of aromatic nitrogens is 3. The lowest BCUT2D eigenvalue weighted by Crippen LogP contribution is -2.17. The summed E-state index contributed by atoms with van der Waals surface area (Å²) in [7, 11) is 0. The molecule has 0 saturated heterocycles. The number of nitrogens with zero attached hydrogens (tertiary/aromatic N) is 3. The smallest absolute Gasteiger partial charge is 0.313 e. The van der Waals surface area contributed by atoms with Gasteiger partial charge in [0.1, 0.15) is 5.52 Å². The van der Waals surface area contributed by atoms with Crippen LogP contribution < -0.4 is 0 Å². The van der Waals surface area contributed by atoms with E-state index in [4.69, 9.17) is 9.84 Å². The molecule has 20 heavy (non-hydrogen) atoms. The summed E-state index contributed by atoms with van der Waals surface area (Å²) in [6.07, 6.45) is 1.72. The SMILES string of the molecule is CCOC(C)Cn1c(SCC(=O)O)nc2cccnc21. The highest BCUT2D eigenvalue weighted by Crippen LogP contribution is 2.23. The molecular weight excluding hydrogens is 278 g/mol. The van der Waals surface area contributed by atoms with Gasteiger partial charge in [0.2, 0.25) is 0 Å². The molecule has 0 amide bonds. The van der Waals surface area contributed by atoms with E-state index in [9.17, 15) is 4.79 Å². The number of aliphatic carboxylic acids is 1. The van der Waals surface area contributed by atoms with E-state index < -0.39 is 5.97 Å². The number of hydrogen-bond donors (Lipinski definition) is 1. The van der Waals surface area contributed by atoms with Gasteiger partial charge in [0.25, 0.3) is 0 Å². The van der Waals surface area contributed by atoms with Crippen LogP contribution in [-0.4, -0.2) is 44.1 Å². The molecule has 0 bridgehead atoms. The maximum atomic E-state index is 10.7. The van der Waals surface area contributed by atoms with Gasteiger partial charge in [-0.15, -0.1) is 0 Å².